The predicted molar refractivity (Wildman–Crippen MR) is 137 cm³/mol. The summed E-state index contributed by atoms with van der Waals surface area (Å²) >= 11 is 2.27. The Morgan fingerprint density at radius 1 is 1.17 bits per heavy atom. The average Bonchev–Trinajstić information content (AvgIpc) is 2.51. The van der Waals surface area contributed by atoms with Crippen LogP contribution < -0.4 is 0 Å². The van der Waals surface area contributed by atoms with E-state index in [1.165, 1.54) is 6.08 Å². The quantitative estimate of drug-likeness (QED) is 0.139. The molecular weight excluding hydrogens is 507 g/mol. The average molecular weight is 551 g/mol. The molecule has 4 nitrogen and oxygen atoms in total. The minimum Gasteiger partial charge on any atom is -0.457 e. The van der Waals surface area contributed by atoms with Gasteiger partial charge in [-0.25, -0.2) is 4.79 Å². The molecule has 0 radical (unpaired) electrons. The zero-order valence-electron chi connectivity index (χ0n) is 20.5. The van der Waals surface area contributed by atoms with Crippen molar-refractivity contribution < 1.29 is 18.7 Å². The molecule has 0 saturated carbocycles. The molecule has 1 fully saturated rings. The summed E-state index contributed by atoms with van der Waals surface area (Å²) in [5, 5.41) is 0.185. The van der Waals surface area contributed by atoms with E-state index in [0.29, 0.717) is 12.3 Å². The molecule has 0 bridgehead atoms. The first-order valence-electron chi connectivity index (χ1n) is 11.1. The molecule has 1 saturated heterocycles. The lowest BCUT2D eigenvalue weighted by molar-refractivity contribution is -0.148. The van der Waals surface area contributed by atoms with Gasteiger partial charge in [-0.3, -0.25) is 0 Å². The van der Waals surface area contributed by atoms with Crippen LogP contribution in [-0.4, -0.2) is 38.2 Å². The minimum atomic E-state index is -1.85. The number of hydrogen-bond acceptors (Lipinski definition) is 4. The van der Waals surface area contributed by atoms with Crippen LogP contribution in [0.15, 0.2) is 22.3 Å². The van der Waals surface area contributed by atoms with Crippen LogP contribution in [0.25, 0.3) is 0 Å². The second kappa shape index (κ2) is 11.6. The van der Waals surface area contributed by atoms with E-state index >= 15 is 0 Å². The maximum absolute atomic E-state index is 12.0. The third-order valence-corrected chi connectivity index (χ3v) is 10.7. The summed E-state index contributed by atoms with van der Waals surface area (Å²) in [6, 6.07) is 0. The Bertz CT molecular complexity index is 601. The summed E-state index contributed by atoms with van der Waals surface area (Å²) in [4.78, 5) is 12.0. The third kappa shape index (κ3) is 10.4. The van der Waals surface area contributed by atoms with Crippen LogP contribution in [-0.2, 0) is 18.7 Å². The fraction of sp³-hybridized carbons (Fsp3) is 0.792. The van der Waals surface area contributed by atoms with Crippen molar-refractivity contribution in [2.45, 2.75) is 116 Å². The van der Waals surface area contributed by atoms with Crippen molar-refractivity contribution in [3.05, 3.63) is 22.3 Å². The van der Waals surface area contributed by atoms with Crippen LogP contribution in [0.2, 0.25) is 18.1 Å². The number of hydrogen-bond donors (Lipinski definition) is 0. The van der Waals surface area contributed by atoms with Gasteiger partial charge in [0.15, 0.2) is 8.32 Å². The van der Waals surface area contributed by atoms with E-state index in [1.807, 2.05) is 26.8 Å². The fourth-order valence-electron chi connectivity index (χ4n) is 3.33. The number of esters is 1. The molecule has 1 aliphatic heterocycles. The van der Waals surface area contributed by atoms with Gasteiger partial charge in [-0.15, -0.1) is 0 Å². The molecule has 30 heavy (non-hydrogen) atoms. The van der Waals surface area contributed by atoms with Crippen molar-refractivity contribution >= 4 is 36.9 Å². The molecule has 0 aromatic rings. The lowest BCUT2D eigenvalue weighted by Gasteiger charge is -2.43. The lowest BCUT2D eigenvalue weighted by atomic mass is 9.93. The highest BCUT2D eigenvalue weighted by Gasteiger charge is 2.41. The number of rotatable bonds is 8. The Morgan fingerprint density at radius 3 is 2.30 bits per heavy atom. The highest BCUT2D eigenvalue weighted by Crippen LogP contribution is 2.40. The highest BCUT2D eigenvalue weighted by atomic mass is 127. The Morgan fingerprint density at radius 2 is 1.77 bits per heavy atom. The molecule has 4 atom stereocenters. The van der Waals surface area contributed by atoms with Crippen LogP contribution >= 0.6 is 22.6 Å². The fourth-order valence-corrected chi connectivity index (χ4v) is 5.42. The smallest absolute Gasteiger partial charge is 0.330 e. The summed E-state index contributed by atoms with van der Waals surface area (Å²) < 4.78 is 20.6. The summed E-state index contributed by atoms with van der Waals surface area (Å²) in [6.07, 6.45) is 9.59. The van der Waals surface area contributed by atoms with E-state index in [1.54, 1.807) is 0 Å². The Hall–Kier alpha value is -0.183. The maximum Gasteiger partial charge on any atom is 0.330 e. The number of ether oxygens (including phenoxy) is 2. The van der Waals surface area contributed by atoms with Gasteiger partial charge in [0.2, 0.25) is 0 Å². The Balaban J connectivity index is 2.82. The van der Waals surface area contributed by atoms with Crippen LogP contribution in [0.5, 0.6) is 0 Å². The molecule has 1 aliphatic rings. The molecule has 0 N–H and O–H groups in total. The summed E-state index contributed by atoms with van der Waals surface area (Å²) in [6.45, 7) is 19.3. The molecule has 1 rings (SSSR count). The van der Waals surface area contributed by atoms with E-state index in [-0.39, 0.29) is 29.3 Å². The van der Waals surface area contributed by atoms with Gasteiger partial charge in [-0.05, 0) is 74.6 Å². The first-order chi connectivity index (χ1) is 13.6. The van der Waals surface area contributed by atoms with E-state index < -0.39 is 13.9 Å². The predicted octanol–water partition coefficient (Wildman–Crippen LogP) is 7.19. The molecule has 6 heteroatoms. The summed E-state index contributed by atoms with van der Waals surface area (Å²) in [7, 11) is -1.85. The number of halogens is 1. The highest BCUT2D eigenvalue weighted by molar-refractivity contribution is 14.1. The molecule has 0 aliphatic carbocycles. The van der Waals surface area contributed by atoms with Gasteiger partial charge in [0.05, 0.1) is 12.2 Å². The molecule has 174 valence electrons. The largest absolute Gasteiger partial charge is 0.457 e. The number of carbonyl (C=O) groups excluding carboxylic acids is 1. The summed E-state index contributed by atoms with van der Waals surface area (Å²) in [5.74, 6) is 0.168. The zero-order chi connectivity index (χ0) is 23.2. The van der Waals surface area contributed by atoms with Gasteiger partial charge in [-0.2, -0.15) is 0 Å². The van der Waals surface area contributed by atoms with Gasteiger partial charge in [0, 0.05) is 12.2 Å². The van der Waals surface area contributed by atoms with E-state index in [9.17, 15) is 4.79 Å². The van der Waals surface area contributed by atoms with Gasteiger partial charge < -0.3 is 13.9 Å². The molecule has 1 heterocycles. The van der Waals surface area contributed by atoms with E-state index in [2.05, 4.69) is 73.5 Å². The van der Waals surface area contributed by atoms with Crippen LogP contribution in [0.1, 0.15) is 74.1 Å². The topological polar surface area (TPSA) is 44.8 Å². The lowest BCUT2D eigenvalue weighted by Crippen LogP contribution is -2.47. The SMILES string of the molecule is C[C@@H](/C=C/I)C[C@@H]1C[C@H](O[Si](C)(C)C(C)(C)C)C[C@H](C/C=C/C(=O)OC(C)(C)C)O1. The third-order valence-electron chi connectivity index (χ3n) is 5.80. The van der Waals surface area contributed by atoms with Crippen molar-refractivity contribution in [1.29, 1.82) is 0 Å². The van der Waals surface area contributed by atoms with Crippen molar-refractivity contribution in [2.24, 2.45) is 5.92 Å². The molecule has 0 unspecified atom stereocenters. The van der Waals surface area contributed by atoms with E-state index in [0.717, 1.165) is 19.3 Å². The maximum atomic E-state index is 12.0. The van der Waals surface area contributed by atoms with Gasteiger partial charge in [-0.1, -0.05) is 62.4 Å². The minimum absolute atomic E-state index is 0.0630. The first-order valence-corrected chi connectivity index (χ1v) is 15.3. The molecule has 0 aromatic heterocycles. The van der Waals surface area contributed by atoms with E-state index in [4.69, 9.17) is 13.9 Å². The molecule has 0 aromatic carbocycles. The molecular formula is C24H43IO4Si. The van der Waals surface area contributed by atoms with Crippen molar-refractivity contribution in [3.8, 4) is 0 Å². The molecule has 0 amide bonds. The van der Waals surface area contributed by atoms with Crippen LogP contribution in [0.4, 0.5) is 0 Å². The Kier molecular flexibility index (Phi) is 10.8. The van der Waals surface area contributed by atoms with Crippen molar-refractivity contribution in [2.75, 3.05) is 0 Å². The second-order valence-electron chi connectivity index (χ2n) is 11.1. The normalized spacial score (nSPS) is 25.1. The standard InChI is InChI=1S/C24H43IO4Si/c1-18(13-14-25)15-20-17-21(29-30(8,9)24(5,6)7)16-19(27-20)11-10-12-22(26)28-23(2,3)4/h10,12-14,18-21H,11,15-17H2,1-9H3/b12-10+,14-13+/t18-,19-,20+,21+/m0/s1. The van der Waals surface area contributed by atoms with Gasteiger partial charge in [0.25, 0.3) is 0 Å². The molecule has 0 spiro atoms. The zero-order valence-corrected chi connectivity index (χ0v) is 23.6. The van der Waals surface area contributed by atoms with Gasteiger partial charge in [0.1, 0.15) is 5.60 Å². The summed E-state index contributed by atoms with van der Waals surface area (Å²) in [5.41, 5.74) is -0.474. The monoisotopic (exact) mass is 550 g/mol. The van der Waals surface area contributed by atoms with Gasteiger partial charge >= 0.3 is 5.97 Å². The first kappa shape index (κ1) is 27.9. The van der Waals surface area contributed by atoms with Crippen molar-refractivity contribution in [1.82, 2.24) is 0 Å². The van der Waals surface area contributed by atoms with Crippen LogP contribution in [0.3, 0.4) is 0 Å². The Labute approximate surface area is 199 Å². The number of carbonyl (C=O) groups is 1. The van der Waals surface area contributed by atoms with Crippen molar-refractivity contribution in [3.63, 3.8) is 0 Å². The van der Waals surface area contributed by atoms with Crippen LogP contribution in [0, 0.1) is 5.92 Å². The number of allylic oxidation sites excluding steroid dienone is 1. The second-order valence-corrected chi connectivity index (χ2v) is 16.5.